The number of nitrogens with zero attached hydrogens (tertiary/aromatic N) is 1. The molecule has 0 aliphatic carbocycles. The van der Waals surface area contributed by atoms with Gasteiger partial charge in [-0.3, -0.25) is 14.8 Å². The molecule has 1 aliphatic rings. The fourth-order valence-electron chi connectivity index (χ4n) is 2.22. The van der Waals surface area contributed by atoms with Crippen molar-refractivity contribution in [2.75, 3.05) is 13.2 Å². The predicted octanol–water partition coefficient (Wildman–Crippen LogP) is 1.32. The lowest BCUT2D eigenvalue weighted by Crippen LogP contribution is -2.30. The fraction of sp³-hybridized carbons (Fsp3) is 0.385. The summed E-state index contributed by atoms with van der Waals surface area (Å²) in [5.74, 6) is -3.36. The topological polar surface area (TPSA) is 66.8 Å². The van der Waals surface area contributed by atoms with Crippen molar-refractivity contribution in [2.45, 2.75) is 12.8 Å². The van der Waals surface area contributed by atoms with Crippen molar-refractivity contribution in [3.63, 3.8) is 0 Å². The van der Waals surface area contributed by atoms with E-state index in [0.717, 1.165) is 0 Å². The van der Waals surface area contributed by atoms with Gasteiger partial charge in [-0.05, 0) is 24.6 Å². The lowest BCUT2D eigenvalue weighted by atomic mass is 9.88. The zero-order chi connectivity index (χ0) is 14.0. The molecule has 1 aromatic rings. The summed E-state index contributed by atoms with van der Waals surface area (Å²) in [5, 5.41) is 9.98. The number of carbonyl (C=O) groups is 2. The van der Waals surface area contributed by atoms with Crippen molar-refractivity contribution in [1.82, 2.24) is 5.06 Å². The van der Waals surface area contributed by atoms with Crippen LogP contribution in [0.2, 0.25) is 0 Å². The van der Waals surface area contributed by atoms with E-state index in [0.29, 0.717) is 10.6 Å². The summed E-state index contributed by atoms with van der Waals surface area (Å²) < 4.78 is 17.7. The van der Waals surface area contributed by atoms with Crippen LogP contribution in [0.15, 0.2) is 24.3 Å². The molecule has 0 spiro atoms. The molecule has 102 valence electrons. The van der Waals surface area contributed by atoms with E-state index >= 15 is 0 Å². The van der Waals surface area contributed by atoms with Crippen LogP contribution in [0, 0.1) is 11.7 Å². The van der Waals surface area contributed by atoms with Crippen LogP contribution in [-0.2, 0) is 14.3 Å². The molecule has 5 nitrogen and oxygen atoms in total. The molecule has 1 aromatic carbocycles. The first kappa shape index (κ1) is 13.5. The molecule has 19 heavy (non-hydrogen) atoms. The number of ether oxygens (including phenoxy) is 1. The second-order valence-electron chi connectivity index (χ2n) is 4.31. The van der Waals surface area contributed by atoms with Crippen LogP contribution >= 0.6 is 0 Å². The highest BCUT2D eigenvalue weighted by molar-refractivity contribution is 6.00. The molecule has 2 atom stereocenters. The third-order valence-corrected chi connectivity index (χ3v) is 3.13. The smallest absolute Gasteiger partial charge is 0.319 e. The molecule has 0 bridgehead atoms. The quantitative estimate of drug-likeness (QED) is 0.509. The second-order valence-corrected chi connectivity index (χ2v) is 4.31. The number of amides is 1. The highest BCUT2D eigenvalue weighted by Crippen LogP contribution is 2.33. The molecular weight excluding hydrogens is 253 g/mol. The monoisotopic (exact) mass is 267 g/mol. The van der Waals surface area contributed by atoms with Crippen LogP contribution in [0.25, 0.3) is 0 Å². The number of esters is 1. The molecule has 0 aromatic heterocycles. The van der Waals surface area contributed by atoms with Crippen LogP contribution in [0.4, 0.5) is 4.39 Å². The molecule has 0 saturated carbocycles. The van der Waals surface area contributed by atoms with Gasteiger partial charge in [-0.2, -0.15) is 0 Å². The molecule has 2 rings (SSSR count). The van der Waals surface area contributed by atoms with Crippen LogP contribution in [0.5, 0.6) is 0 Å². The summed E-state index contributed by atoms with van der Waals surface area (Å²) in [5.41, 5.74) is 0.615. The molecule has 1 fully saturated rings. The van der Waals surface area contributed by atoms with Gasteiger partial charge >= 0.3 is 5.97 Å². The lowest BCUT2D eigenvalue weighted by molar-refractivity contribution is -0.165. The van der Waals surface area contributed by atoms with Crippen molar-refractivity contribution in [3.05, 3.63) is 35.6 Å². The molecule has 0 unspecified atom stereocenters. The van der Waals surface area contributed by atoms with Gasteiger partial charge in [0.15, 0.2) is 0 Å². The minimum absolute atomic E-state index is 0.00601. The van der Waals surface area contributed by atoms with Crippen LogP contribution in [-0.4, -0.2) is 35.3 Å². The van der Waals surface area contributed by atoms with Gasteiger partial charge in [-0.25, -0.2) is 9.45 Å². The Morgan fingerprint density at radius 3 is 2.68 bits per heavy atom. The highest BCUT2D eigenvalue weighted by atomic mass is 19.1. The van der Waals surface area contributed by atoms with Crippen molar-refractivity contribution >= 4 is 11.9 Å². The lowest BCUT2D eigenvalue weighted by Gasteiger charge is -2.15. The van der Waals surface area contributed by atoms with Gasteiger partial charge in [0.25, 0.3) is 5.91 Å². The Kier molecular flexibility index (Phi) is 3.80. The minimum atomic E-state index is -1.07. The number of benzene rings is 1. The van der Waals surface area contributed by atoms with Crippen molar-refractivity contribution in [1.29, 1.82) is 0 Å². The number of halogens is 1. The number of hydroxylamine groups is 2. The van der Waals surface area contributed by atoms with Crippen molar-refractivity contribution in [3.8, 4) is 0 Å². The Labute approximate surface area is 109 Å². The number of hydrogen-bond acceptors (Lipinski definition) is 4. The molecule has 1 heterocycles. The maximum atomic E-state index is 12.9. The van der Waals surface area contributed by atoms with E-state index in [2.05, 4.69) is 0 Å². The Morgan fingerprint density at radius 2 is 2.11 bits per heavy atom. The van der Waals surface area contributed by atoms with Crippen LogP contribution < -0.4 is 0 Å². The Hall–Kier alpha value is -1.95. The normalized spacial score (nSPS) is 22.7. The Morgan fingerprint density at radius 1 is 1.47 bits per heavy atom. The molecule has 1 N–H and O–H groups in total. The Balaban J connectivity index is 2.29. The SMILES string of the molecule is CCOC(=O)[C@H]1C(=O)N(O)C[C@H]1c1ccc(F)cc1. The zero-order valence-corrected chi connectivity index (χ0v) is 10.4. The summed E-state index contributed by atoms with van der Waals surface area (Å²) in [6.07, 6.45) is 0. The van der Waals surface area contributed by atoms with E-state index in [1.54, 1.807) is 6.92 Å². The average Bonchev–Trinajstić information content (AvgIpc) is 2.67. The largest absolute Gasteiger partial charge is 0.465 e. The summed E-state index contributed by atoms with van der Waals surface area (Å²) in [6, 6.07) is 5.50. The van der Waals surface area contributed by atoms with Gasteiger partial charge in [0.05, 0.1) is 13.2 Å². The van der Waals surface area contributed by atoms with E-state index in [1.807, 2.05) is 0 Å². The van der Waals surface area contributed by atoms with E-state index in [9.17, 15) is 19.2 Å². The number of hydrogen-bond donors (Lipinski definition) is 1. The van der Waals surface area contributed by atoms with Crippen molar-refractivity contribution < 1.29 is 23.9 Å². The predicted molar refractivity (Wildman–Crippen MR) is 62.8 cm³/mol. The molecule has 0 radical (unpaired) electrons. The van der Waals surface area contributed by atoms with Crippen molar-refractivity contribution in [2.24, 2.45) is 5.92 Å². The highest BCUT2D eigenvalue weighted by Gasteiger charge is 2.46. The van der Waals surface area contributed by atoms with Gasteiger partial charge in [0, 0.05) is 5.92 Å². The van der Waals surface area contributed by atoms with E-state index < -0.39 is 29.5 Å². The van der Waals surface area contributed by atoms with E-state index in [-0.39, 0.29) is 13.2 Å². The Bertz CT molecular complexity index is 488. The molecule has 1 saturated heterocycles. The van der Waals surface area contributed by atoms with E-state index in [1.165, 1.54) is 24.3 Å². The first-order valence-electron chi connectivity index (χ1n) is 5.97. The summed E-state index contributed by atoms with van der Waals surface area (Å²) in [7, 11) is 0. The minimum Gasteiger partial charge on any atom is -0.465 e. The molecular formula is C13H14FNO4. The van der Waals surface area contributed by atoms with E-state index in [4.69, 9.17) is 4.74 Å². The zero-order valence-electron chi connectivity index (χ0n) is 10.4. The molecule has 1 aliphatic heterocycles. The van der Waals surface area contributed by atoms with Crippen LogP contribution in [0.1, 0.15) is 18.4 Å². The summed E-state index contributed by atoms with van der Waals surface area (Å²) >= 11 is 0. The average molecular weight is 267 g/mol. The number of rotatable bonds is 3. The third kappa shape index (κ3) is 2.58. The second kappa shape index (κ2) is 5.36. The van der Waals surface area contributed by atoms with Gasteiger partial charge < -0.3 is 4.74 Å². The standard InChI is InChI=1S/C13H14FNO4/c1-2-19-13(17)11-10(7-15(18)12(11)16)8-3-5-9(14)6-4-8/h3-6,10-11,18H,2,7H2,1H3/t10-,11+/m0/s1. The molecule has 6 heteroatoms. The van der Waals surface area contributed by atoms with Gasteiger partial charge in [-0.15, -0.1) is 0 Å². The first-order chi connectivity index (χ1) is 9.04. The van der Waals surface area contributed by atoms with Crippen LogP contribution in [0.3, 0.4) is 0 Å². The number of carbonyl (C=O) groups excluding carboxylic acids is 2. The first-order valence-corrected chi connectivity index (χ1v) is 5.97. The molecule has 1 amide bonds. The third-order valence-electron chi connectivity index (χ3n) is 3.13. The van der Waals surface area contributed by atoms with Gasteiger partial charge in [0.1, 0.15) is 11.7 Å². The summed E-state index contributed by atoms with van der Waals surface area (Å²) in [6.45, 7) is 1.79. The fourth-order valence-corrected chi connectivity index (χ4v) is 2.22. The van der Waals surface area contributed by atoms with Gasteiger partial charge in [-0.1, -0.05) is 12.1 Å². The van der Waals surface area contributed by atoms with Gasteiger partial charge in [0.2, 0.25) is 0 Å². The maximum Gasteiger partial charge on any atom is 0.319 e. The summed E-state index contributed by atoms with van der Waals surface area (Å²) in [4.78, 5) is 23.6. The maximum absolute atomic E-state index is 12.9.